The minimum Gasteiger partial charge on any atom is -0.345 e. The second kappa shape index (κ2) is 5.32. The van der Waals surface area contributed by atoms with E-state index in [1.165, 1.54) is 13.1 Å². The summed E-state index contributed by atoms with van der Waals surface area (Å²) in [5, 5.41) is 2.68. The van der Waals surface area contributed by atoms with Crippen molar-refractivity contribution in [2.75, 3.05) is 6.54 Å². The van der Waals surface area contributed by atoms with Crippen molar-refractivity contribution in [1.82, 2.24) is 10.3 Å². The molecule has 0 aliphatic carbocycles. The molecule has 1 N–H and O–H groups in total. The van der Waals surface area contributed by atoms with E-state index in [0.717, 1.165) is 6.07 Å². The zero-order valence-electron chi connectivity index (χ0n) is 7.97. The number of carbonyl (C=O) groups is 1. The van der Waals surface area contributed by atoms with E-state index < -0.39 is 5.82 Å². The molecule has 3 nitrogen and oxygen atoms in total. The number of hydrogen-bond acceptors (Lipinski definition) is 2. The van der Waals surface area contributed by atoms with E-state index in [1.54, 1.807) is 0 Å². The predicted molar refractivity (Wildman–Crippen MR) is 54.8 cm³/mol. The number of nitrogens with zero attached hydrogens (tertiary/aromatic N) is 1. The monoisotopic (exact) mass is 226 g/mol. The molecule has 0 fully saturated rings. The third kappa shape index (κ3) is 3.96. The Morgan fingerprint density at radius 3 is 3.07 bits per heavy atom. The van der Waals surface area contributed by atoms with E-state index in [9.17, 15) is 9.18 Å². The predicted octanol–water partition coefficient (Wildman–Crippen LogP) is 1.36. The highest BCUT2D eigenvalue weighted by molar-refractivity contribution is 6.30. The molecule has 0 saturated carbocycles. The highest BCUT2D eigenvalue weighted by atomic mass is 35.5. The average Bonchev–Trinajstić information content (AvgIpc) is 2.14. The zero-order valence-corrected chi connectivity index (χ0v) is 8.73. The maximum Gasteiger partial charge on any atom is 0.217 e. The number of amides is 1. The van der Waals surface area contributed by atoms with Gasteiger partial charge in [-0.3, -0.25) is 4.79 Å². The first-order valence-electron chi connectivity index (χ1n) is 4.14. The minimum atomic E-state index is -0.571. The van der Waals surface area contributed by atoms with Gasteiger partial charge in [-0.1, -0.05) is 17.5 Å². The van der Waals surface area contributed by atoms with Crippen LogP contribution in [0.4, 0.5) is 4.39 Å². The summed E-state index contributed by atoms with van der Waals surface area (Å²) in [5.74, 6) is 4.29. The average molecular weight is 227 g/mol. The van der Waals surface area contributed by atoms with Crippen LogP contribution in [0.2, 0.25) is 5.02 Å². The third-order valence-electron chi connectivity index (χ3n) is 1.44. The molecule has 5 heteroatoms. The van der Waals surface area contributed by atoms with Gasteiger partial charge >= 0.3 is 0 Å². The number of nitrogens with one attached hydrogen (secondary N) is 1. The summed E-state index contributed by atoms with van der Waals surface area (Å²) >= 11 is 5.51. The Labute approximate surface area is 91.7 Å². The summed E-state index contributed by atoms with van der Waals surface area (Å²) in [6.07, 6.45) is 1.31. The van der Waals surface area contributed by atoms with Crippen LogP contribution in [0.5, 0.6) is 0 Å². The van der Waals surface area contributed by atoms with Crippen LogP contribution in [0, 0.1) is 17.7 Å². The topological polar surface area (TPSA) is 42.0 Å². The van der Waals surface area contributed by atoms with E-state index in [4.69, 9.17) is 11.6 Å². The molecule has 0 spiro atoms. The maximum atomic E-state index is 13.1. The smallest absolute Gasteiger partial charge is 0.217 e. The Hall–Kier alpha value is -1.60. The normalized spacial score (nSPS) is 9.00. The molecule has 0 aliphatic rings. The molecule has 1 rings (SSSR count). The van der Waals surface area contributed by atoms with Gasteiger partial charge in [-0.15, -0.1) is 0 Å². The zero-order chi connectivity index (χ0) is 11.3. The van der Waals surface area contributed by atoms with Gasteiger partial charge in [-0.2, -0.15) is 0 Å². The number of hydrogen-bond donors (Lipinski definition) is 1. The van der Waals surface area contributed by atoms with Crippen molar-refractivity contribution in [2.45, 2.75) is 6.92 Å². The van der Waals surface area contributed by atoms with Crippen LogP contribution >= 0.6 is 11.6 Å². The third-order valence-corrected chi connectivity index (χ3v) is 1.65. The maximum absolute atomic E-state index is 13.1. The van der Waals surface area contributed by atoms with Crippen molar-refractivity contribution in [1.29, 1.82) is 0 Å². The molecule has 0 saturated heterocycles. The fraction of sp³-hybridized carbons (Fsp3) is 0.200. The first-order chi connectivity index (χ1) is 7.09. The second-order valence-electron chi connectivity index (χ2n) is 2.70. The standard InChI is InChI=1S/C10H8ClFN2O/c1-7(15)13-4-2-3-10-9(12)5-8(11)6-14-10/h5-6H,4H2,1H3,(H,13,15). The van der Waals surface area contributed by atoms with Gasteiger partial charge in [-0.05, 0) is 12.0 Å². The summed E-state index contributed by atoms with van der Waals surface area (Å²) in [7, 11) is 0. The first kappa shape index (κ1) is 11.5. The number of aromatic nitrogens is 1. The van der Waals surface area contributed by atoms with Crippen LogP contribution in [0.3, 0.4) is 0 Å². The van der Waals surface area contributed by atoms with E-state index in [1.807, 2.05) is 0 Å². The van der Waals surface area contributed by atoms with Crippen molar-refractivity contribution in [3.8, 4) is 11.8 Å². The lowest BCUT2D eigenvalue weighted by Gasteiger charge is -1.94. The Morgan fingerprint density at radius 1 is 1.73 bits per heavy atom. The molecule has 1 aromatic rings. The molecule has 0 aromatic carbocycles. The van der Waals surface area contributed by atoms with Gasteiger partial charge in [0, 0.05) is 13.1 Å². The van der Waals surface area contributed by atoms with Crippen LogP contribution in [-0.4, -0.2) is 17.4 Å². The van der Waals surface area contributed by atoms with Gasteiger partial charge in [0.05, 0.1) is 11.6 Å². The molecule has 1 amide bonds. The summed E-state index contributed by atoms with van der Waals surface area (Å²) in [6.45, 7) is 1.54. The van der Waals surface area contributed by atoms with Crippen LogP contribution in [0.25, 0.3) is 0 Å². The minimum absolute atomic E-state index is 0.0183. The Kier molecular flexibility index (Phi) is 4.07. The summed E-state index contributed by atoms with van der Waals surface area (Å²) in [6, 6.07) is 1.14. The molecular weight excluding hydrogens is 219 g/mol. The summed E-state index contributed by atoms with van der Waals surface area (Å²) in [5.41, 5.74) is 0.0183. The Balaban J connectivity index is 2.67. The number of carbonyl (C=O) groups excluding carboxylic acids is 1. The van der Waals surface area contributed by atoms with E-state index in [0.29, 0.717) is 0 Å². The van der Waals surface area contributed by atoms with Gasteiger partial charge in [0.2, 0.25) is 5.91 Å². The number of rotatable bonds is 1. The number of halogens is 2. The molecular formula is C10H8ClFN2O. The van der Waals surface area contributed by atoms with Crippen LogP contribution in [-0.2, 0) is 4.79 Å². The van der Waals surface area contributed by atoms with Crippen molar-refractivity contribution in [2.24, 2.45) is 0 Å². The Morgan fingerprint density at radius 2 is 2.47 bits per heavy atom. The lowest BCUT2D eigenvalue weighted by atomic mass is 10.3. The summed E-state index contributed by atoms with van der Waals surface area (Å²) < 4.78 is 13.1. The van der Waals surface area contributed by atoms with Crippen molar-refractivity contribution < 1.29 is 9.18 Å². The number of pyridine rings is 1. The van der Waals surface area contributed by atoms with Gasteiger partial charge < -0.3 is 5.32 Å². The molecule has 1 heterocycles. The van der Waals surface area contributed by atoms with E-state index >= 15 is 0 Å². The fourth-order valence-corrected chi connectivity index (χ4v) is 0.948. The highest BCUT2D eigenvalue weighted by Crippen LogP contribution is 2.10. The van der Waals surface area contributed by atoms with Crippen molar-refractivity contribution in [3.05, 3.63) is 28.8 Å². The van der Waals surface area contributed by atoms with Crippen LogP contribution in [0.15, 0.2) is 12.3 Å². The molecule has 78 valence electrons. The molecule has 0 atom stereocenters. The second-order valence-corrected chi connectivity index (χ2v) is 3.13. The van der Waals surface area contributed by atoms with Gasteiger partial charge in [0.25, 0.3) is 0 Å². The lowest BCUT2D eigenvalue weighted by molar-refractivity contribution is -0.118. The first-order valence-corrected chi connectivity index (χ1v) is 4.51. The van der Waals surface area contributed by atoms with Crippen LogP contribution < -0.4 is 5.32 Å². The largest absolute Gasteiger partial charge is 0.345 e. The lowest BCUT2D eigenvalue weighted by Crippen LogP contribution is -2.19. The SMILES string of the molecule is CC(=O)NCC#Cc1ncc(Cl)cc1F. The van der Waals surface area contributed by atoms with Gasteiger partial charge in [0.1, 0.15) is 5.69 Å². The Bertz CT molecular complexity index is 437. The van der Waals surface area contributed by atoms with E-state index in [-0.39, 0.29) is 23.2 Å². The van der Waals surface area contributed by atoms with Gasteiger partial charge in [-0.25, -0.2) is 9.37 Å². The molecule has 0 unspecified atom stereocenters. The van der Waals surface area contributed by atoms with Crippen LogP contribution in [0.1, 0.15) is 12.6 Å². The van der Waals surface area contributed by atoms with Crippen molar-refractivity contribution in [3.63, 3.8) is 0 Å². The molecule has 1 aromatic heterocycles. The van der Waals surface area contributed by atoms with Crippen molar-refractivity contribution >= 4 is 17.5 Å². The molecule has 0 radical (unpaired) electrons. The molecule has 0 aliphatic heterocycles. The highest BCUT2D eigenvalue weighted by Gasteiger charge is 2.00. The fourth-order valence-electron chi connectivity index (χ4n) is 0.803. The summed E-state index contributed by atoms with van der Waals surface area (Å²) in [4.78, 5) is 14.2. The van der Waals surface area contributed by atoms with Gasteiger partial charge in [0.15, 0.2) is 5.82 Å². The van der Waals surface area contributed by atoms with E-state index in [2.05, 4.69) is 22.1 Å². The quantitative estimate of drug-likeness (QED) is 0.735. The molecule has 15 heavy (non-hydrogen) atoms. The molecule has 0 bridgehead atoms.